The summed E-state index contributed by atoms with van der Waals surface area (Å²) in [4.78, 5) is 10.7. The van der Waals surface area contributed by atoms with Crippen LogP contribution in [-0.2, 0) is 17.3 Å². The van der Waals surface area contributed by atoms with Gasteiger partial charge in [-0.25, -0.2) is 0 Å². The van der Waals surface area contributed by atoms with Crippen LogP contribution in [0.2, 0.25) is 0 Å². The standard InChI is InChI=1S/C19H15F2N3O2.K/c1-11-4-3-5-13(9-22)16(11)10-24-17-8-14(19(20,21)18(25)26)6-7-15(17)12(2)23-24;/h3-8H,10H2,1-2H3,(H,25,26);/q;+1/p-1. The number of alkyl halides is 2. The fourth-order valence-corrected chi connectivity index (χ4v) is 2.94. The van der Waals surface area contributed by atoms with Gasteiger partial charge in [-0.2, -0.15) is 19.1 Å². The quantitative estimate of drug-likeness (QED) is 0.556. The Kier molecular flexibility index (Phi) is 6.55. The monoisotopic (exact) mass is 393 g/mol. The van der Waals surface area contributed by atoms with Crippen molar-refractivity contribution >= 4 is 16.9 Å². The van der Waals surface area contributed by atoms with E-state index in [9.17, 15) is 23.9 Å². The second-order valence-corrected chi connectivity index (χ2v) is 6.05. The number of halogens is 2. The van der Waals surface area contributed by atoms with E-state index in [-0.39, 0.29) is 57.9 Å². The van der Waals surface area contributed by atoms with Crippen molar-refractivity contribution < 1.29 is 70.1 Å². The molecule has 0 N–H and O–H groups in total. The van der Waals surface area contributed by atoms with Crippen LogP contribution >= 0.6 is 0 Å². The minimum Gasteiger partial charge on any atom is -0.544 e. The normalized spacial score (nSPS) is 11.1. The molecule has 1 aromatic heterocycles. The number of benzene rings is 2. The number of carboxylic acid groups (broad SMARTS) is 1. The van der Waals surface area contributed by atoms with E-state index in [4.69, 9.17) is 0 Å². The minimum atomic E-state index is -4.10. The van der Waals surface area contributed by atoms with Gasteiger partial charge in [-0.05, 0) is 37.1 Å². The van der Waals surface area contributed by atoms with Gasteiger partial charge >= 0.3 is 57.3 Å². The Morgan fingerprint density at radius 3 is 2.63 bits per heavy atom. The molecule has 132 valence electrons. The molecule has 0 unspecified atom stereocenters. The third kappa shape index (κ3) is 3.98. The van der Waals surface area contributed by atoms with Crippen LogP contribution in [0.25, 0.3) is 10.9 Å². The summed E-state index contributed by atoms with van der Waals surface area (Å²) in [5.41, 5.74) is 2.40. The molecular formula is C19H14F2KN3O2. The van der Waals surface area contributed by atoms with Crippen molar-refractivity contribution in [3.05, 3.63) is 64.3 Å². The largest absolute Gasteiger partial charge is 1.00 e. The summed E-state index contributed by atoms with van der Waals surface area (Å²) in [7, 11) is 0. The molecule has 5 nitrogen and oxygen atoms in total. The van der Waals surface area contributed by atoms with Gasteiger partial charge in [0.25, 0.3) is 0 Å². The Morgan fingerprint density at radius 1 is 1.30 bits per heavy atom. The van der Waals surface area contributed by atoms with Crippen molar-refractivity contribution in [3.63, 3.8) is 0 Å². The molecule has 0 radical (unpaired) electrons. The smallest absolute Gasteiger partial charge is 0.544 e. The topological polar surface area (TPSA) is 81.7 Å². The van der Waals surface area contributed by atoms with E-state index in [2.05, 4.69) is 11.2 Å². The summed E-state index contributed by atoms with van der Waals surface area (Å²) in [6.07, 6.45) is 0. The van der Waals surface area contributed by atoms with Gasteiger partial charge in [0.1, 0.15) is 5.97 Å². The maximum atomic E-state index is 13.8. The first-order valence-electron chi connectivity index (χ1n) is 7.81. The first kappa shape index (κ1) is 21.7. The Labute approximate surface area is 197 Å². The number of nitriles is 1. The number of aliphatic carboxylic acids is 1. The number of aryl methyl sites for hydroxylation is 2. The van der Waals surface area contributed by atoms with Crippen molar-refractivity contribution in [2.45, 2.75) is 26.3 Å². The zero-order valence-corrected chi connectivity index (χ0v) is 18.2. The molecule has 8 heteroatoms. The summed E-state index contributed by atoms with van der Waals surface area (Å²) in [6, 6.07) is 11.0. The first-order chi connectivity index (χ1) is 12.3. The Morgan fingerprint density at radius 2 is 2.00 bits per heavy atom. The summed E-state index contributed by atoms with van der Waals surface area (Å²) < 4.78 is 29.1. The summed E-state index contributed by atoms with van der Waals surface area (Å²) in [5, 5.41) is 25.1. The van der Waals surface area contributed by atoms with Crippen LogP contribution in [0.5, 0.6) is 0 Å². The number of aromatic nitrogens is 2. The number of carbonyl (C=O) groups is 1. The molecule has 3 rings (SSSR count). The van der Waals surface area contributed by atoms with E-state index < -0.39 is 17.5 Å². The van der Waals surface area contributed by atoms with Crippen molar-refractivity contribution in [2.24, 2.45) is 0 Å². The molecule has 0 amide bonds. The SMILES string of the molecule is Cc1cccc(C#N)c1Cn1nc(C)c2ccc(C(F)(F)C(=O)[O-])cc21.[K+]. The minimum absolute atomic E-state index is 0. The van der Waals surface area contributed by atoms with Crippen molar-refractivity contribution in [1.29, 1.82) is 5.26 Å². The summed E-state index contributed by atoms with van der Waals surface area (Å²) in [5.74, 6) is -6.55. The van der Waals surface area contributed by atoms with Gasteiger partial charge in [-0.15, -0.1) is 0 Å². The van der Waals surface area contributed by atoms with E-state index in [1.807, 2.05) is 13.0 Å². The zero-order valence-electron chi connectivity index (χ0n) is 15.1. The molecule has 0 aliphatic carbocycles. The van der Waals surface area contributed by atoms with Crippen LogP contribution in [0.1, 0.15) is 27.9 Å². The van der Waals surface area contributed by atoms with Crippen LogP contribution in [-0.4, -0.2) is 15.7 Å². The third-order valence-corrected chi connectivity index (χ3v) is 4.39. The number of hydrogen-bond donors (Lipinski definition) is 0. The molecule has 0 bridgehead atoms. The molecule has 0 saturated heterocycles. The zero-order chi connectivity index (χ0) is 19.1. The maximum Gasteiger partial charge on any atom is 1.00 e. The van der Waals surface area contributed by atoms with Crippen LogP contribution in [0.15, 0.2) is 36.4 Å². The average Bonchev–Trinajstić information content (AvgIpc) is 2.92. The molecular weight excluding hydrogens is 379 g/mol. The third-order valence-electron chi connectivity index (χ3n) is 4.39. The molecule has 0 fully saturated rings. The second kappa shape index (κ2) is 8.16. The van der Waals surface area contributed by atoms with Crippen LogP contribution in [0.4, 0.5) is 8.78 Å². The Bertz CT molecular complexity index is 1070. The number of carbonyl (C=O) groups excluding carboxylic acids is 1. The van der Waals surface area contributed by atoms with E-state index in [0.717, 1.165) is 23.3 Å². The van der Waals surface area contributed by atoms with Crippen molar-refractivity contribution in [2.75, 3.05) is 0 Å². The van der Waals surface area contributed by atoms with Crippen molar-refractivity contribution in [1.82, 2.24) is 9.78 Å². The number of rotatable bonds is 4. The van der Waals surface area contributed by atoms with E-state index in [0.29, 0.717) is 22.2 Å². The Balaban J connectivity index is 0.00000261. The molecule has 3 aromatic rings. The molecule has 0 atom stereocenters. The fraction of sp³-hybridized carbons (Fsp3) is 0.211. The van der Waals surface area contributed by atoms with Gasteiger partial charge < -0.3 is 9.90 Å². The fourth-order valence-electron chi connectivity index (χ4n) is 2.94. The van der Waals surface area contributed by atoms with E-state index in [1.54, 1.807) is 19.1 Å². The van der Waals surface area contributed by atoms with Gasteiger partial charge in [0, 0.05) is 10.9 Å². The van der Waals surface area contributed by atoms with Gasteiger partial charge in [0.2, 0.25) is 0 Å². The molecule has 2 aromatic carbocycles. The predicted octanol–water partition coefficient (Wildman–Crippen LogP) is -0.581. The van der Waals surface area contributed by atoms with Crippen LogP contribution in [0, 0.1) is 25.2 Å². The molecule has 27 heavy (non-hydrogen) atoms. The van der Waals surface area contributed by atoms with Crippen molar-refractivity contribution in [3.8, 4) is 6.07 Å². The van der Waals surface area contributed by atoms with Gasteiger partial charge in [-0.3, -0.25) is 4.68 Å². The maximum absolute atomic E-state index is 13.8. The number of fused-ring (bicyclic) bond motifs is 1. The van der Waals surface area contributed by atoms with E-state index >= 15 is 0 Å². The predicted molar refractivity (Wildman–Crippen MR) is 88.4 cm³/mol. The molecule has 1 heterocycles. The summed E-state index contributed by atoms with van der Waals surface area (Å²) >= 11 is 0. The molecule has 0 aliphatic rings. The van der Waals surface area contributed by atoms with E-state index in [1.165, 1.54) is 10.7 Å². The average molecular weight is 393 g/mol. The number of hydrogen-bond acceptors (Lipinski definition) is 4. The number of nitrogens with zero attached hydrogens (tertiary/aromatic N) is 3. The van der Waals surface area contributed by atoms with Gasteiger partial charge in [-0.1, -0.05) is 24.3 Å². The van der Waals surface area contributed by atoms with Gasteiger partial charge in [0.05, 0.1) is 29.4 Å². The summed E-state index contributed by atoms with van der Waals surface area (Å²) in [6.45, 7) is 3.79. The second-order valence-electron chi connectivity index (χ2n) is 6.05. The van der Waals surface area contributed by atoms with Crippen LogP contribution < -0.4 is 56.5 Å². The molecule has 0 spiro atoms. The molecule has 0 aliphatic heterocycles. The van der Waals surface area contributed by atoms with Gasteiger partial charge in [0.15, 0.2) is 0 Å². The Hall–Kier alpha value is -1.63. The molecule has 0 saturated carbocycles. The first-order valence-corrected chi connectivity index (χ1v) is 7.81. The number of carboxylic acids is 1. The van der Waals surface area contributed by atoms with Crippen LogP contribution in [0.3, 0.4) is 0 Å².